The molecule has 0 N–H and O–H groups in total. The van der Waals surface area contributed by atoms with Crippen molar-refractivity contribution in [3.05, 3.63) is 76.9 Å². The Kier molecular flexibility index (Phi) is 8.12. The molecule has 0 saturated heterocycles. The Balaban J connectivity index is 1.46. The largest absolute Gasteiger partial charge is 0.493 e. The molecule has 0 radical (unpaired) electrons. The molecule has 1 nitrogen and oxygen atoms in total. The molecule has 1 saturated carbocycles. The minimum absolute atomic E-state index is 0.750. The minimum atomic E-state index is 0.750. The standard InChI is InChI=1S/C32H42O/c1-5-26-21-29(28-13-9-24(4)10-14-28)15-17-31(26)30-16-18-32(27(6-2)22-30)33-20-19-25-11-7-23(3)8-12-25/h11,15-18,21-22,24,28H,3,5-10,12-14,19-20H2,1-2,4H3. The molecule has 0 heterocycles. The fraction of sp³-hybridized carbons (Fsp3) is 0.500. The minimum Gasteiger partial charge on any atom is -0.493 e. The van der Waals surface area contributed by atoms with E-state index in [2.05, 4.69) is 69.8 Å². The Morgan fingerprint density at radius 3 is 2.39 bits per heavy atom. The summed E-state index contributed by atoms with van der Waals surface area (Å²) in [7, 11) is 0. The molecule has 0 unspecified atom stereocenters. The van der Waals surface area contributed by atoms with Crippen molar-refractivity contribution in [3.63, 3.8) is 0 Å². The Bertz CT molecular complexity index is 988. The first kappa shape index (κ1) is 23.9. The number of hydrogen-bond acceptors (Lipinski definition) is 1. The van der Waals surface area contributed by atoms with Crippen molar-refractivity contribution in [3.8, 4) is 16.9 Å². The van der Waals surface area contributed by atoms with Gasteiger partial charge in [-0.3, -0.25) is 0 Å². The SMILES string of the molecule is C=C1CC=C(CCOc2ccc(-c3ccc(C4CCC(C)CC4)cc3CC)cc2CC)CC1. The molecule has 0 amide bonds. The number of aryl methyl sites for hydroxylation is 2. The molecule has 1 fully saturated rings. The lowest BCUT2D eigenvalue weighted by Gasteiger charge is -2.27. The number of benzene rings is 2. The zero-order valence-electron chi connectivity index (χ0n) is 21.1. The second-order valence-corrected chi connectivity index (χ2v) is 10.3. The van der Waals surface area contributed by atoms with E-state index in [-0.39, 0.29) is 0 Å². The summed E-state index contributed by atoms with van der Waals surface area (Å²) >= 11 is 0. The summed E-state index contributed by atoms with van der Waals surface area (Å²) in [5.41, 5.74) is 9.94. The van der Waals surface area contributed by atoms with Crippen molar-refractivity contribution >= 4 is 0 Å². The molecule has 2 aliphatic carbocycles. The second-order valence-electron chi connectivity index (χ2n) is 10.3. The Morgan fingerprint density at radius 2 is 1.70 bits per heavy atom. The zero-order chi connectivity index (χ0) is 23.2. The highest BCUT2D eigenvalue weighted by Crippen LogP contribution is 2.38. The van der Waals surface area contributed by atoms with E-state index < -0.39 is 0 Å². The van der Waals surface area contributed by atoms with Crippen LogP contribution in [0, 0.1) is 5.92 Å². The van der Waals surface area contributed by atoms with Crippen LogP contribution in [-0.2, 0) is 12.8 Å². The van der Waals surface area contributed by atoms with E-state index in [0.29, 0.717) is 0 Å². The third-order valence-corrected chi connectivity index (χ3v) is 7.91. The summed E-state index contributed by atoms with van der Waals surface area (Å²) in [5, 5.41) is 0. The highest BCUT2D eigenvalue weighted by molar-refractivity contribution is 5.70. The molecular formula is C32H42O. The summed E-state index contributed by atoms with van der Waals surface area (Å²) in [6.45, 7) is 11.8. The molecule has 2 aliphatic rings. The highest BCUT2D eigenvalue weighted by Gasteiger charge is 2.20. The normalized spacial score (nSPS) is 21.1. The summed E-state index contributed by atoms with van der Waals surface area (Å²) in [4.78, 5) is 0. The van der Waals surface area contributed by atoms with Gasteiger partial charge in [0.25, 0.3) is 0 Å². The van der Waals surface area contributed by atoms with Crippen molar-refractivity contribution < 1.29 is 4.74 Å². The van der Waals surface area contributed by atoms with E-state index in [1.165, 1.54) is 59.1 Å². The van der Waals surface area contributed by atoms with Gasteiger partial charge in [0.2, 0.25) is 0 Å². The van der Waals surface area contributed by atoms with E-state index >= 15 is 0 Å². The number of rotatable bonds is 8. The first-order valence-corrected chi connectivity index (χ1v) is 13.3. The van der Waals surface area contributed by atoms with Crippen LogP contribution in [0.4, 0.5) is 0 Å². The summed E-state index contributed by atoms with van der Waals surface area (Å²) in [6, 6.07) is 14.1. The van der Waals surface area contributed by atoms with E-state index in [9.17, 15) is 0 Å². The highest BCUT2D eigenvalue weighted by atomic mass is 16.5. The average molecular weight is 443 g/mol. The van der Waals surface area contributed by atoms with Gasteiger partial charge in [0, 0.05) is 6.42 Å². The van der Waals surface area contributed by atoms with Crippen molar-refractivity contribution in [2.75, 3.05) is 6.61 Å². The van der Waals surface area contributed by atoms with Gasteiger partial charge in [0.15, 0.2) is 0 Å². The maximum atomic E-state index is 6.25. The summed E-state index contributed by atoms with van der Waals surface area (Å²) in [6.07, 6.45) is 14.2. The van der Waals surface area contributed by atoms with Gasteiger partial charge in [-0.25, -0.2) is 0 Å². The van der Waals surface area contributed by atoms with Gasteiger partial charge in [0.05, 0.1) is 6.61 Å². The predicted molar refractivity (Wildman–Crippen MR) is 142 cm³/mol. The van der Waals surface area contributed by atoms with Gasteiger partial charge in [-0.1, -0.05) is 81.7 Å². The molecule has 1 heteroatoms. The van der Waals surface area contributed by atoms with Crippen LogP contribution in [0.1, 0.15) is 94.7 Å². The van der Waals surface area contributed by atoms with Crippen LogP contribution in [0.25, 0.3) is 11.1 Å². The van der Waals surface area contributed by atoms with Crippen LogP contribution in [0.2, 0.25) is 0 Å². The molecule has 0 aromatic heterocycles. The fourth-order valence-corrected chi connectivity index (χ4v) is 5.55. The average Bonchev–Trinajstić information content (AvgIpc) is 2.85. The predicted octanol–water partition coefficient (Wildman–Crippen LogP) is 9.21. The van der Waals surface area contributed by atoms with Crippen LogP contribution in [0.15, 0.2) is 60.2 Å². The van der Waals surface area contributed by atoms with Crippen molar-refractivity contribution in [1.82, 2.24) is 0 Å². The Hall–Kier alpha value is -2.28. The molecule has 2 aromatic carbocycles. The monoisotopic (exact) mass is 442 g/mol. The quantitative estimate of drug-likeness (QED) is 0.370. The molecule has 0 bridgehead atoms. The number of allylic oxidation sites excluding steroid dienone is 2. The summed E-state index contributed by atoms with van der Waals surface area (Å²) in [5.74, 6) is 2.70. The van der Waals surface area contributed by atoms with E-state index in [1.54, 1.807) is 5.56 Å². The summed E-state index contributed by atoms with van der Waals surface area (Å²) < 4.78 is 6.25. The van der Waals surface area contributed by atoms with Crippen LogP contribution in [-0.4, -0.2) is 6.61 Å². The van der Waals surface area contributed by atoms with Gasteiger partial charge >= 0.3 is 0 Å². The molecule has 0 spiro atoms. The van der Waals surface area contributed by atoms with Crippen molar-refractivity contribution in [1.29, 1.82) is 0 Å². The van der Waals surface area contributed by atoms with E-state index in [1.807, 2.05) is 0 Å². The van der Waals surface area contributed by atoms with Gasteiger partial charge in [-0.15, -0.1) is 0 Å². The number of hydrogen-bond donors (Lipinski definition) is 0. The molecule has 176 valence electrons. The van der Waals surface area contributed by atoms with Gasteiger partial charge in [-0.2, -0.15) is 0 Å². The Labute approximate surface area is 202 Å². The van der Waals surface area contributed by atoms with Crippen LogP contribution in [0.3, 0.4) is 0 Å². The maximum Gasteiger partial charge on any atom is 0.122 e. The lowest BCUT2D eigenvalue weighted by Crippen LogP contribution is -2.11. The molecule has 33 heavy (non-hydrogen) atoms. The lowest BCUT2D eigenvalue weighted by molar-refractivity contribution is 0.316. The first-order chi connectivity index (χ1) is 16.1. The third-order valence-electron chi connectivity index (χ3n) is 7.91. The lowest BCUT2D eigenvalue weighted by atomic mass is 9.78. The van der Waals surface area contributed by atoms with Crippen molar-refractivity contribution in [2.45, 2.75) is 90.9 Å². The zero-order valence-corrected chi connectivity index (χ0v) is 21.1. The van der Waals surface area contributed by atoms with Crippen LogP contribution >= 0.6 is 0 Å². The third kappa shape index (κ3) is 5.99. The number of ether oxygens (including phenoxy) is 1. The van der Waals surface area contributed by atoms with Gasteiger partial charge in [-0.05, 0) is 96.7 Å². The molecule has 0 atom stereocenters. The van der Waals surface area contributed by atoms with E-state index in [0.717, 1.165) is 62.7 Å². The molecular weight excluding hydrogens is 400 g/mol. The van der Waals surface area contributed by atoms with Crippen LogP contribution in [0.5, 0.6) is 5.75 Å². The first-order valence-electron chi connectivity index (χ1n) is 13.3. The molecule has 4 rings (SSSR count). The molecule has 0 aliphatic heterocycles. The van der Waals surface area contributed by atoms with E-state index in [4.69, 9.17) is 4.74 Å². The Morgan fingerprint density at radius 1 is 0.909 bits per heavy atom. The van der Waals surface area contributed by atoms with Crippen molar-refractivity contribution in [2.24, 2.45) is 5.92 Å². The van der Waals surface area contributed by atoms with Gasteiger partial charge in [0.1, 0.15) is 5.75 Å². The smallest absolute Gasteiger partial charge is 0.122 e. The topological polar surface area (TPSA) is 9.23 Å². The maximum absolute atomic E-state index is 6.25. The van der Waals surface area contributed by atoms with Gasteiger partial charge < -0.3 is 4.74 Å². The van der Waals surface area contributed by atoms with Crippen LogP contribution < -0.4 is 4.74 Å². The molecule has 2 aromatic rings. The second kappa shape index (κ2) is 11.2. The fourth-order valence-electron chi connectivity index (χ4n) is 5.55.